The second-order valence-electron chi connectivity index (χ2n) is 5.55. The molecule has 26 heavy (non-hydrogen) atoms. The molecule has 2 rings (SSSR count). The summed E-state index contributed by atoms with van der Waals surface area (Å²) < 4.78 is 11.5. The zero-order valence-corrected chi connectivity index (χ0v) is 18.4. The predicted molar refractivity (Wildman–Crippen MR) is 107 cm³/mol. The van der Waals surface area contributed by atoms with Crippen LogP contribution in [0.4, 0.5) is 4.79 Å². The van der Waals surface area contributed by atoms with Crippen molar-refractivity contribution in [3.63, 3.8) is 0 Å². The van der Waals surface area contributed by atoms with Gasteiger partial charge in [-0.1, -0.05) is 0 Å². The van der Waals surface area contributed by atoms with Crippen LogP contribution in [0.5, 0.6) is 5.75 Å². The molecule has 1 fully saturated rings. The van der Waals surface area contributed by atoms with Crippen molar-refractivity contribution in [3.8, 4) is 5.75 Å². The van der Waals surface area contributed by atoms with E-state index in [1.54, 1.807) is 39.0 Å². The third-order valence-corrected chi connectivity index (χ3v) is 5.36. The van der Waals surface area contributed by atoms with Gasteiger partial charge in [0.1, 0.15) is 5.75 Å². The molecule has 1 aliphatic heterocycles. The normalized spacial score (nSPS) is 15.9. The summed E-state index contributed by atoms with van der Waals surface area (Å²) in [4.78, 5) is 37.3. The summed E-state index contributed by atoms with van der Waals surface area (Å²) in [6, 6.07) is 3.30. The number of rotatable bonds is 6. The van der Waals surface area contributed by atoms with Crippen LogP contribution >= 0.6 is 43.6 Å². The molecule has 2 amide bonds. The smallest absolute Gasteiger partial charge is 0.344 e. The van der Waals surface area contributed by atoms with E-state index in [1.807, 2.05) is 0 Å². The highest BCUT2D eigenvalue weighted by Gasteiger charge is 2.36. The van der Waals surface area contributed by atoms with Gasteiger partial charge in [-0.15, -0.1) is 0 Å². The number of imide groups is 1. The molecular weight excluding hydrogens is 490 g/mol. The van der Waals surface area contributed by atoms with Gasteiger partial charge in [0, 0.05) is 6.04 Å². The number of nitrogens with zero attached hydrogens (tertiary/aromatic N) is 1. The fourth-order valence-corrected chi connectivity index (χ4v) is 4.62. The maximum Gasteiger partial charge on any atom is 0.344 e. The van der Waals surface area contributed by atoms with Gasteiger partial charge in [-0.25, -0.2) is 4.79 Å². The molecular formula is C17H17Br2NO5S. The molecule has 1 aromatic rings. The molecule has 0 aromatic heterocycles. The number of carbonyl (C=O) groups is 3. The Labute approximate surface area is 172 Å². The molecule has 0 spiro atoms. The van der Waals surface area contributed by atoms with E-state index in [2.05, 4.69) is 31.9 Å². The number of hydrogen-bond acceptors (Lipinski definition) is 6. The molecule has 1 heterocycles. The second-order valence-corrected chi connectivity index (χ2v) is 8.25. The molecule has 1 aromatic carbocycles. The van der Waals surface area contributed by atoms with Gasteiger partial charge in [-0.2, -0.15) is 0 Å². The first-order valence-electron chi connectivity index (χ1n) is 7.79. The summed E-state index contributed by atoms with van der Waals surface area (Å²) in [5.74, 6) is -0.312. The summed E-state index contributed by atoms with van der Waals surface area (Å²) in [7, 11) is 0. The van der Waals surface area contributed by atoms with E-state index in [0.29, 0.717) is 25.2 Å². The summed E-state index contributed by atoms with van der Waals surface area (Å²) in [6.45, 7) is 5.39. The molecule has 0 bridgehead atoms. The highest BCUT2D eigenvalue weighted by Crippen LogP contribution is 2.38. The Morgan fingerprint density at radius 1 is 1.27 bits per heavy atom. The first-order valence-corrected chi connectivity index (χ1v) is 10.2. The molecule has 1 saturated heterocycles. The molecule has 6 nitrogen and oxygen atoms in total. The van der Waals surface area contributed by atoms with Crippen molar-refractivity contribution in [2.75, 3.05) is 13.2 Å². The Morgan fingerprint density at radius 2 is 1.88 bits per heavy atom. The van der Waals surface area contributed by atoms with E-state index in [1.165, 1.54) is 4.90 Å². The van der Waals surface area contributed by atoms with Gasteiger partial charge >= 0.3 is 5.97 Å². The second kappa shape index (κ2) is 9.05. The number of carbonyl (C=O) groups excluding carboxylic acids is 3. The SMILES string of the molecule is CCOC(=O)COc1c(Br)cc(/C=C2/SC(=O)N(C(C)C)C2=O)cc1Br. The van der Waals surface area contributed by atoms with Crippen LogP contribution in [0, 0.1) is 0 Å². The lowest BCUT2D eigenvalue weighted by Crippen LogP contribution is -2.34. The topological polar surface area (TPSA) is 72.9 Å². The van der Waals surface area contributed by atoms with E-state index in [0.717, 1.165) is 11.8 Å². The predicted octanol–water partition coefficient (Wildman–Crippen LogP) is 4.60. The lowest BCUT2D eigenvalue weighted by atomic mass is 10.2. The lowest BCUT2D eigenvalue weighted by molar-refractivity contribution is -0.145. The van der Waals surface area contributed by atoms with Crippen molar-refractivity contribution in [2.45, 2.75) is 26.8 Å². The first-order chi connectivity index (χ1) is 12.2. The van der Waals surface area contributed by atoms with E-state index in [-0.39, 0.29) is 30.4 Å². The molecule has 0 unspecified atom stereocenters. The molecule has 140 valence electrons. The third-order valence-electron chi connectivity index (χ3n) is 3.30. The van der Waals surface area contributed by atoms with Crippen molar-refractivity contribution >= 4 is 66.8 Å². The van der Waals surface area contributed by atoms with Gasteiger partial charge in [0.15, 0.2) is 6.61 Å². The molecule has 9 heteroatoms. The van der Waals surface area contributed by atoms with Gasteiger partial charge in [-0.3, -0.25) is 14.5 Å². The molecule has 0 radical (unpaired) electrons. The minimum absolute atomic E-state index is 0.189. The monoisotopic (exact) mass is 505 g/mol. The summed E-state index contributed by atoms with van der Waals surface area (Å²) in [5, 5.41) is -0.274. The minimum Gasteiger partial charge on any atom is -0.480 e. The average molecular weight is 507 g/mol. The zero-order valence-electron chi connectivity index (χ0n) is 14.4. The highest BCUT2D eigenvalue weighted by atomic mass is 79.9. The van der Waals surface area contributed by atoms with Crippen LogP contribution in [0.2, 0.25) is 0 Å². The Hall–Kier alpha value is -1.32. The van der Waals surface area contributed by atoms with Crippen molar-refractivity contribution in [1.29, 1.82) is 0 Å². The van der Waals surface area contributed by atoms with Gasteiger partial charge in [0.05, 0.1) is 20.5 Å². The largest absolute Gasteiger partial charge is 0.480 e. The number of ether oxygens (including phenoxy) is 2. The fraction of sp³-hybridized carbons (Fsp3) is 0.353. The number of halogens is 2. The van der Waals surface area contributed by atoms with E-state index in [9.17, 15) is 14.4 Å². The molecule has 0 aliphatic carbocycles. The van der Waals surface area contributed by atoms with Crippen molar-refractivity contribution < 1.29 is 23.9 Å². The van der Waals surface area contributed by atoms with Crippen LogP contribution in [0.15, 0.2) is 26.0 Å². The number of esters is 1. The van der Waals surface area contributed by atoms with E-state index < -0.39 is 5.97 Å². The molecule has 0 atom stereocenters. The van der Waals surface area contributed by atoms with E-state index in [4.69, 9.17) is 9.47 Å². The zero-order chi connectivity index (χ0) is 19.4. The summed E-state index contributed by atoms with van der Waals surface area (Å²) in [5.41, 5.74) is 0.710. The van der Waals surface area contributed by atoms with E-state index >= 15 is 0 Å². The van der Waals surface area contributed by atoms with Crippen molar-refractivity contribution in [3.05, 3.63) is 31.5 Å². The maximum atomic E-state index is 12.4. The quantitative estimate of drug-likeness (QED) is 0.414. The Balaban J connectivity index is 2.21. The number of thioether (sulfide) groups is 1. The summed E-state index contributed by atoms with van der Waals surface area (Å²) >= 11 is 7.70. The number of hydrogen-bond donors (Lipinski definition) is 0. The number of amides is 2. The standard InChI is InChI=1S/C17H17Br2NO5S/c1-4-24-14(21)8-25-15-11(18)5-10(6-12(15)19)7-13-16(22)20(9(2)3)17(23)26-13/h5-7,9H,4,8H2,1-3H3/b13-7+. The number of benzene rings is 1. The van der Waals surface area contributed by atoms with Gasteiger partial charge in [0.2, 0.25) is 0 Å². The molecule has 0 N–H and O–H groups in total. The maximum absolute atomic E-state index is 12.4. The highest BCUT2D eigenvalue weighted by molar-refractivity contribution is 9.11. The van der Waals surface area contributed by atoms with Gasteiger partial charge in [0.25, 0.3) is 11.1 Å². The summed E-state index contributed by atoms with van der Waals surface area (Å²) in [6.07, 6.45) is 1.65. The van der Waals surface area contributed by atoms with Crippen molar-refractivity contribution in [1.82, 2.24) is 4.90 Å². The Kier molecular flexibility index (Phi) is 7.31. The average Bonchev–Trinajstić information content (AvgIpc) is 2.80. The Morgan fingerprint density at radius 3 is 2.38 bits per heavy atom. The van der Waals surface area contributed by atoms with Crippen molar-refractivity contribution in [2.24, 2.45) is 0 Å². The van der Waals surface area contributed by atoms with Crippen LogP contribution in [0.1, 0.15) is 26.3 Å². The van der Waals surface area contributed by atoms with Crippen LogP contribution in [-0.4, -0.2) is 41.3 Å². The van der Waals surface area contributed by atoms with Crippen LogP contribution < -0.4 is 4.74 Å². The Bertz CT molecular complexity index is 755. The molecule has 1 aliphatic rings. The fourth-order valence-electron chi connectivity index (χ4n) is 2.21. The van der Waals surface area contributed by atoms with Crippen LogP contribution in [-0.2, 0) is 14.3 Å². The van der Waals surface area contributed by atoms with Gasteiger partial charge < -0.3 is 9.47 Å². The third kappa shape index (κ3) is 4.89. The van der Waals surface area contributed by atoms with Crippen LogP contribution in [0.25, 0.3) is 6.08 Å². The minimum atomic E-state index is -0.460. The molecule has 0 saturated carbocycles. The first kappa shape index (κ1) is 21.0. The van der Waals surface area contributed by atoms with Gasteiger partial charge in [-0.05, 0) is 88.2 Å². The van der Waals surface area contributed by atoms with Crippen LogP contribution in [0.3, 0.4) is 0 Å². The lowest BCUT2D eigenvalue weighted by Gasteiger charge is -2.16.